The number of esters is 1. The number of nitrogens with one attached hydrogen (secondary N) is 1. The zero-order chi connectivity index (χ0) is 24.2. The van der Waals surface area contributed by atoms with E-state index in [1.54, 1.807) is 43.0 Å². The number of aromatic nitrogens is 2. The Hall–Kier alpha value is -4.25. The van der Waals surface area contributed by atoms with Crippen LogP contribution < -0.4 is 10.2 Å². The predicted molar refractivity (Wildman–Crippen MR) is 128 cm³/mol. The lowest BCUT2D eigenvalue weighted by Gasteiger charge is -2.39. The molecule has 1 aliphatic heterocycles. The van der Waals surface area contributed by atoms with Crippen molar-refractivity contribution in [2.45, 2.75) is 39.3 Å². The van der Waals surface area contributed by atoms with Gasteiger partial charge in [-0.05, 0) is 62.2 Å². The zero-order valence-corrected chi connectivity index (χ0v) is 19.3. The van der Waals surface area contributed by atoms with Gasteiger partial charge in [0.1, 0.15) is 11.9 Å². The molecule has 2 unspecified atom stereocenters. The van der Waals surface area contributed by atoms with E-state index in [4.69, 9.17) is 10.00 Å². The summed E-state index contributed by atoms with van der Waals surface area (Å²) in [7, 11) is 0. The van der Waals surface area contributed by atoms with Gasteiger partial charge in [-0.3, -0.25) is 9.78 Å². The van der Waals surface area contributed by atoms with Gasteiger partial charge in [-0.2, -0.15) is 5.26 Å². The van der Waals surface area contributed by atoms with Gasteiger partial charge in [0.2, 0.25) is 5.91 Å². The summed E-state index contributed by atoms with van der Waals surface area (Å²) in [6, 6.07) is 14.8. The third-order valence-corrected chi connectivity index (χ3v) is 5.80. The highest BCUT2D eigenvalue weighted by Crippen LogP contribution is 2.40. The van der Waals surface area contributed by atoms with Crippen LogP contribution in [-0.4, -0.2) is 34.5 Å². The highest BCUT2D eigenvalue weighted by molar-refractivity contribution is 5.94. The molecule has 4 rings (SSSR count). The van der Waals surface area contributed by atoms with Crippen LogP contribution in [0.1, 0.15) is 54.7 Å². The molecule has 1 N–H and O–H groups in total. The molecular formula is C26H25N5O3. The van der Waals surface area contributed by atoms with E-state index in [1.165, 1.54) is 12.4 Å². The summed E-state index contributed by atoms with van der Waals surface area (Å²) >= 11 is 0. The molecule has 8 nitrogen and oxygen atoms in total. The van der Waals surface area contributed by atoms with E-state index < -0.39 is 5.97 Å². The molecule has 0 fully saturated rings. The first-order chi connectivity index (χ1) is 16.4. The van der Waals surface area contributed by atoms with Crippen molar-refractivity contribution >= 4 is 23.4 Å². The molecule has 8 heteroatoms. The Kier molecular flexibility index (Phi) is 6.55. The summed E-state index contributed by atoms with van der Waals surface area (Å²) in [5, 5.41) is 12.5. The van der Waals surface area contributed by atoms with Crippen LogP contribution in [0.15, 0.2) is 54.9 Å². The van der Waals surface area contributed by atoms with E-state index in [1.807, 2.05) is 25.1 Å². The molecule has 0 aliphatic carbocycles. The van der Waals surface area contributed by atoms with Crippen molar-refractivity contribution in [2.75, 3.05) is 16.8 Å². The Labute approximate surface area is 198 Å². The number of ether oxygens (including phenoxy) is 1. The van der Waals surface area contributed by atoms with Crippen LogP contribution in [0.5, 0.6) is 0 Å². The fourth-order valence-electron chi connectivity index (χ4n) is 4.26. The average Bonchev–Trinajstić information content (AvgIpc) is 2.84. The molecule has 172 valence electrons. The maximum absolute atomic E-state index is 12.4. The van der Waals surface area contributed by atoms with E-state index in [-0.39, 0.29) is 18.0 Å². The van der Waals surface area contributed by atoms with Crippen LogP contribution in [0, 0.1) is 11.3 Å². The number of pyridine rings is 2. The molecule has 3 aromatic rings. The number of fused-ring (bicyclic) bond motifs is 1. The molecule has 3 heterocycles. The lowest BCUT2D eigenvalue weighted by atomic mass is 9.89. The van der Waals surface area contributed by atoms with Crippen LogP contribution in [0.3, 0.4) is 0 Å². The number of anilines is 2. The van der Waals surface area contributed by atoms with Gasteiger partial charge in [0.15, 0.2) is 0 Å². The summed E-state index contributed by atoms with van der Waals surface area (Å²) in [5.41, 5.74) is 4.25. The van der Waals surface area contributed by atoms with Crippen molar-refractivity contribution in [3.05, 3.63) is 71.5 Å². The monoisotopic (exact) mass is 455 g/mol. The van der Waals surface area contributed by atoms with Crippen molar-refractivity contribution in [3.8, 4) is 17.3 Å². The molecule has 0 spiro atoms. The zero-order valence-electron chi connectivity index (χ0n) is 19.3. The topological polar surface area (TPSA) is 108 Å². The number of carbonyl (C=O) groups is 2. The molecule has 0 bridgehead atoms. The van der Waals surface area contributed by atoms with E-state index in [2.05, 4.69) is 21.4 Å². The van der Waals surface area contributed by atoms with Gasteiger partial charge < -0.3 is 15.0 Å². The second-order valence-corrected chi connectivity index (χ2v) is 8.14. The average molecular weight is 456 g/mol. The van der Waals surface area contributed by atoms with Gasteiger partial charge in [-0.25, -0.2) is 9.78 Å². The third-order valence-electron chi connectivity index (χ3n) is 5.80. The Morgan fingerprint density at radius 1 is 1.18 bits per heavy atom. The number of amides is 1. The van der Waals surface area contributed by atoms with Crippen molar-refractivity contribution in [1.29, 1.82) is 5.26 Å². The van der Waals surface area contributed by atoms with Crippen molar-refractivity contribution < 1.29 is 14.3 Å². The first-order valence-corrected chi connectivity index (χ1v) is 11.1. The molecule has 0 saturated carbocycles. The van der Waals surface area contributed by atoms with Gasteiger partial charge in [0.05, 0.1) is 29.5 Å². The Balaban J connectivity index is 1.70. The Morgan fingerprint density at radius 2 is 2.00 bits per heavy atom. The molecule has 0 saturated heterocycles. The smallest absolute Gasteiger partial charge is 0.339 e. The van der Waals surface area contributed by atoms with Gasteiger partial charge >= 0.3 is 5.97 Å². The first kappa shape index (κ1) is 22.9. The van der Waals surface area contributed by atoms with Crippen molar-refractivity contribution in [1.82, 2.24) is 9.97 Å². The molecule has 1 aliphatic rings. The minimum absolute atomic E-state index is 0.00582. The molecule has 1 aromatic carbocycles. The van der Waals surface area contributed by atoms with Crippen LogP contribution >= 0.6 is 0 Å². The summed E-state index contributed by atoms with van der Waals surface area (Å²) < 4.78 is 5.03. The molecule has 2 aromatic heterocycles. The normalized spacial score (nSPS) is 16.8. The quantitative estimate of drug-likeness (QED) is 0.565. The number of nitrogens with zero attached hydrogens (tertiary/aromatic N) is 4. The second kappa shape index (κ2) is 9.71. The maximum Gasteiger partial charge on any atom is 0.339 e. The Morgan fingerprint density at radius 3 is 2.62 bits per heavy atom. The number of benzene rings is 1. The molecular weight excluding hydrogens is 430 g/mol. The molecule has 34 heavy (non-hydrogen) atoms. The van der Waals surface area contributed by atoms with E-state index in [0.717, 1.165) is 16.8 Å². The van der Waals surface area contributed by atoms with Crippen LogP contribution in [-0.2, 0) is 9.53 Å². The summed E-state index contributed by atoms with van der Waals surface area (Å²) in [4.78, 5) is 35.0. The third kappa shape index (κ3) is 4.59. The maximum atomic E-state index is 12.4. The minimum atomic E-state index is -0.405. The molecule has 2 atom stereocenters. The molecule has 0 radical (unpaired) electrons. The number of rotatable bonds is 5. The van der Waals surface area contributed by atoms with Gasteiger partial charge in [0, 0.05) is 36.6 Å². The summed E-state index contributed by atoms with van der Waals surface area (Å²) in [6.45, 7) is 5.66. The van der Waals surface area contributed by atoms with E-state index in [0.29, 0.717) is 35.7 Å². The predicted octanol–water partition coefficient (Wildman–Crippen LogP) is 4.49. The second-order valence-electron chi connectivity index (χ2n) is 8.14. The largest absolute Gasteiger partial charge is 0.462 e. The lowest BCUT2D eigenvalue weighted by Crippen LogP contribution is -2.43. The Bertz CT molecular complexity index is 1250. The molecule has 1 amide bonds. The van der Waals surface area contributed by atoms with Crippen molar-refractivity contribution in [3.63, 3.8) is 0 Å². The van der Waals surface area contributed by atoms with Gasteiger partial charge in [-0.15, -0.1) is 0 Å². The highest BCUT2D eigenvalue weighted by atomic mass is 16.5. The number of hydrogen-bond donors (Lipinski definition) is 1. The van der Waals surface area contributed by atoms with Gasteiger partial charge in [-0.1, -0.05) is 6.07 Å². The first-order valence-electron chi connectivity index (χ1n) is 11.1. The number of nitriles is 1. The van der Waals surface area contributed by atoms with E-state index in [9.17, 15) is 9.59 Å². The van der Waals surface area contributed by atoms with Crippen LogP contribution in [0.4, 0.5) is 11.5 Å². The summed E-state index contributed by atoms with van der Waals surface area (Å²) in [5.74, 6) is 0.228. The minimum Gasteiger partial charge on any atom is -0.462 e. The number of carbonyl (C=O) groups excluding carboxylic acids is 2. The van der Waals surface area contributed by atoms with Crippen LogP contribution in [0.25, 0.3) is 11.3 Å². The fraction of sp³-hybridized carbons (Fsp3) is 0.269. The van der Waals surface area contributed by atoms with Crippen molar-refractivity contribution in [2.24, 2.45) is 0 Å². The van der Waals surface area contributed by atoms with Gasteiger partial charge in [0.25, 0.3) is 0 Å². The fourth-order valence-corrected chi connectivity index (χ4v) is 4.26. The highest BCUT2D eigenvalue weighted by Gasteiger charge is 2.33. The van der Waals surface area contributed by atoms with Crippen LogP contribution in [0.2, 0.25) is 0 Å². The standard InChI is InChI=1S/C26H25N5O3/c1-4-34-26(33)20-6-8-22(28-15-20)19-7-9-24-21(12-19)23(11-16(2)31(24)17(3)32)30-25-10-5-18(13-27)14-29-25/h5-10,12,14-16,23H,4,11H2,1-3H3,(H,29,30). The SMILES string of the molecule is CCOC(=O)c1ccc(-c2ccc3c(c2)C(Nc2ccc(C#N)cn2)CC(C)N3C(C)=O)nc1. The lowest BCUT2D eigenvalue weighted by molar-refractivity contribution is -0.117. The number of hydrogen-bond acceptors (Lipinski definition) is 7. The van der Waals surface area contributed by atoms with E-state index >= 15 is 0 Å². The summed E-state index contributed by atoms with van der Waals surface area (Å²) in [6.07, 6.45) is 3.73.